The fourth-order valence-electron chi connectivity index (χ4n) is 2.27. The van der Waals surface area contributed by atoms with Gasteiger partial charge in [0.25, 0.3) is 0 Å². The van der Waals surface area contributed by atoms with Gasteiger partial charge in [0.1, 0.15) is 0 Å². The molecule has 0 saturated carbocycles. The van der Waals surface area contributed by atoms with Gasteiger partial charge in [-0.3, -0.25) is 0 Å². The van der Waals surface area contributed by atoms with Gasteiger partial charge < -0.3 is 16.0 Å². The monoisotopic (exact) mass is 227 g/mol. The Balaban J connectivity index is 2.06. The average molecular weight is 227 g/mol. The molecule has 0 bridgehead atoms. The Morgan fingerprint density at radius 3 is 2.81 bits per heavy atom. The van der Waals surface area contributed by atoms with Crippen molar-refractivity contribution >= 4 is 0 Å². The Kier molecular flexibility index (Phi) is 5.73. The topological polar surface area (TPSA) is 41.3 Å². The fraction of sp³-hybridized carbons (Fsp3) is 1.00. The average Bonchev–Trinajstić information content (AvgIpc) is 2.25. The van der Waals surface area contributed by atoms with Gasteiger partial charge in [-0.15, -0.1) is 0 Å². The summed E-state index contributed by atoms with van der Waals surface area (Å²) in [5.41, 5.74) is 6.00. The molecule has 1 saturated heterocycles. The van der Waals surface area contributed by atoms with E-state index in [1.807, 2.05) is 0 Å². The summed E-state index contributed by atoms with van der Waals surface area (Å²) >= 11 is 0. The lowest BCUT2D eigenvalue weighted by molar-refractivity contribution is 0.204. The summed E-state index contributed by atoms with van der Waals surface area (Å²) < 4.78 is 0. The van der Waals surface area contributed by atoms with Crippen molar-refractivity contribution in [2.24, 2.45) is 17.1 Å². The minimum Gasteiger partial charge on any atom is -0.330 e. The SMILES string of the molecule is CN1CCCC(CNCCC(C)(C)CN)C1. The van der Waals surface area contributed by atoms with Crippen molar-refractivity contribution in [1.82, 2.24) is 10.2 Å². The van der Waals surface area contributed by atoms with Gasteiger partial charge in [0.15, 0.2) is 0 Å². The Bertz CT molecular complexity index is 192. The number of nitrogens with two attached hydrogens (primary N) is 1. The van der Waals surface area contributed by atoms with Crippen LogP contribution in [0.4, 0.5) is 0 Å². The maximum absolute atomic E-state index is 5.72. The summed E-state index contributed by atoms with van der Waals surface area (Å²) in [6.45, 7) is 10.1. The van der Waals surface area contributed by atoms with E-state index < -0.39 is 0 Å². The molecule has 0 aromatic rings. The molecule has 1 rings (SSSR count). The highest BCUT2D eigenvalue weighted by Gasteiger charge is 2.18. The van der Waals surface area contributed by atoms with Crippen LogP contribution in [-0.2, 0) is 0 Å². The minimum absolute atomic E-state index is 0.288. The quantitative estimate of drug-likeness (QED) is 0.672. The molecule has 0 spiro atoms. The van der Waals surface area contributed by atoms with E-state index in [1.165, 1.54) is 38.9 Å². The Morgan fingerprint density at radius 2 is 2.19 bits per heavy atom. The minimum atomic E-state index is 0.288. The Hall–Kier alpha value is -0.120. The molecule has 1 fully saturated rings. The third-order valence-electron chi connectivity index (χ3n) is 3.69. The Labute approximate surface area is 101 Å². The summed E-state index contributed by atoms with van der Waals surface area (Å²) in [5, 5.41) is 3.58. The normalized spacial score (nSPS) is 23.6. The third kappa shape index (κ3) is 5.28. The van der Waals surface area contributed by atoms with Crippen LogP contribution in [0.1, 0.15) is 33.1 Å². The van der Waals surface area contributed by atoms with Crippen molar-refractivity contribution in [3.8, 4) is 0 Å². The third-order valence-corrected chi connectivity index (χ3v) is 3.69. The van der Waals surface area contributed by atoms with Crippen LogP contribution in [0.2, 0.25) is 0 Å². The lowest BCUT2D eigenvalue weighted by atomic mass is 9.89. The van der Waals surface area contributed by atoms with Crippen molar-refractivity contribution in [3.05, 3.63) is 0 Å². The number of hydrogen-bond acceptors (Lipinski definition) is 3. The second kappa shape index (κ2) is 6.58. The smallest absolute Gasteiger partial charge is 0.00187 e. The zero-order chi connectivity index (χ0) is 12.0. The van der Waals surface area contributed by atoms with E-state index in [4.69, 9.17) is 5.73 Å². The molecule has 3 N–H and O–H groups in total. The first-order chi connectivity index (χ1) is 7.53. The summed E-state index contributed by atoms with van der Waals surface area (Å²) in [6, 6.07) is 0. The van der Waals surface area contributed by atoms with E-state index in [9.17, 15) is 0 Å². The molecule has 0 aromatic carbocycles. The first-order valence-electron chi connectivity index (χ1n) is 6.63. The van der Waals surface area contributed by atoms with E-state index in [-0.39, 0.29) is 5.41 Å². The number of nitrogens with one attached hydrogen (secondary N) is 1. The van der Waals surface area contributed by atoms with Gasteiger partial charge in [0.05, 0.1) is 0 Å². The predicted molar refractivity (Wildman–Crippen MR) is 70.5 cm³/mol. The molecule has 3 nitrogen and oxygen atoms in total. The van der Waals surface area contributed by atoms with Gasteiger partial charge in [-0.2, -0.15) is 0 Å². The van der Waals surface area contributed by atoms with Crippen LogP contribution in [0.15, 0.2) is 0 Å². The van der Waals surface area contributed by atoms with E-state index in [1.54, 1.807) is 0 Å². The summed E-state index contributed by atoms with van der Waals surface area (Å²) in [7, 11) is 2.23. The number of rotatable bonds is 6. The molecule has 1 unspecified atom stereocenters. The highest BCUT2D eigenvalue weighted by Crippen LogP contribution is 2.17. The second-order valence-electron chi connectivity index (χ2n) is 6.09. The molecular weight excluding hydrogens is 198 g/mol. The lowest BCUT2D eigenvalue weighted by Crippen LogP contribution is -2.38. The largest absolute Gasteiger partial charge is 0.330 e. The number of hydrogen-bond donors (Lipinski definition) is 2. The summed E-state index contributed by atoms with van der Waals surface area (Å²) in [4.78, 5) is 2.44. The molecule has 16 heavy (non-hydrogen) atoms. The van der Waals surface area contributed by atoms with E-state index in [0.29, 0.717) is 0 Å². The van der Waals surface area contributed by atoms with Gasteiger partial charge in [-0.25, -0.2) is 0 Å². The highest BCUT2D eigenvalue weighted by molar-refractivity contribution is 4.74. The van der Waals surface area contributed by atoms with Gasteiger partial charge in [-0.05, 0) is 63.8 Å². The van der Waals surface area contributed by atoms with Crippen LogP contribution in [0.5, 0.6) is 0 Å². The van der Waals surface area contributed by atoms with E-state index in [0.717, 1.165) is 19.0 Å². The van der Waals surface area contributed by atoms with Gasteiger partial charge >= 0.3 is 0 Å². The molecular formula is C13H29N3. The zero-order valence-electron chi connectivity index (χ0n) is 11.3. The summed E-state index contributed by atoms with van der Waals surface area (Å²) in [6.07, 6.45) is 3.92. The maximum Gasteiger partial charge on any atom is 0.00187 e. The van der Waals surface area contributed by atoms with Crippen molar-refractivity contribution in [2.75, 3.05) is 39.8 Å². The van der Waals surface area contributed by atoms with Crippen LogP contribution in [-0.4, -0.2) is 44.7 Å². The molecule has 96 valence electrons. The van der Waals surface area contributed by atoms with Crippen molar-refractivity contribution < 1.29 is 0 Å². The van der Waals surface area contributed by atoms with Crippen LogP contribution in [0.25, 0.3) is 0 Å². The number of piperidine rings is 1. The second-order valence-corrected chi connectivity index (χ2v) is 6.09. The lowest BCUT2D eigenvalue weighted by Gasteiger charge is -2.30. The highest BCUT2D eigenvalue weighted by atomic mass is 15.1. The van der Waals surface area contributed by atoms with E-state index >= 15 is 0 Å². The molecule has 0 aliphatic carbocycles. The van der Waals surface area contributed by atoms with Crippen LogP contribution >= 0.6 is 0 Å². The molecule has 0 amide bonds. The van der Waals surface area contributed by atoms with Crippen LogP contribution in [0, 0.1) is 11.3 Å². The number of nitrogens with zero attached hydrogens (tertiary/aromatic N) is 1. The maximum atomic E-state index is 5.72. The molecule has 0 radical (unpaired) electrons. The zero-order valence-corrected chi connectivity index (χ0v) is 11.3. The van der Waals surface area contributed by atoms with Crippen LogP contribution in [0.3, 0.4) is 0 Å². The van der Waals surface area contributed by atoms with Crippen molar-refractivity contribution in [1.29, 1.82) is 0 Å². The predicted octanol–water partition coefficient (Wildman–Crippen LogP) is 1.29. The first kappa shape index (κ1) is 13.9. The molecule has 3 heteroatoms. The van der Waals surface area contributed by atoms with Crippen molar-refractivity contribution in [3.63, 3.8) is 0 Å². The van der Waals surface area contributed by atoms with Gasteiger partial charge in [0, 0.05) is 6.54 Å². The van der Waals surface area contributed by atoms with Gasteiger partial charge in [-0.1, -0.05) is 13.8 Å². The van der Waals surface area contributed by atoms with Crippen molar-refractivity contribution in [2.45, 2.75) is 33.1 Å². The Morgan fingerprint density at radius 1 is 1.44 bits per heavy atom. The molecule has 0 aromatic heterocycles. The standard InChI is InChI=1S/C13H29N3/c1-13(2,11-14)6-7-15-9-12-5-4-8-16(3)10-12/h12,15H,4-11,14H2,1-3H3. The number of likely N-dealkylation sites (tertiary alicyclic amines) is 1. The molecule has 1 atom stereocenters. The molecule has 1 aliphatic rings. The van der Waals surface area contributed by atoms with E-state index in [2.05, 4.69) is 31.1 Å². The molecule has 1 aliphatic heterocycles. The van der Waals surface area contributed by atoms with Gasteiger partial charge in [0.2, 0.25) is 0 Å². The molecule has 1 heterocycles. The van der Waals surface area contributed by atoms with Crippen LogP contribution < -0.4 is 11.1 Å². The first-order valence-corrected chi connectivity index (χ1v) is 6.63. The summed E-state index contributed by atoms with van der Waals surface area (Å²) in [5.74, 6) is 0.847. The fourth-order valence-corrected chi connectivity index (χ4v) is 2.27.